The molecule has 1 saturated heterocycles. The first-order valence-electron chi connectivity index (χ1n) is 13.2. The predicted octanol–water partition coefficient (Wildman–Crippen LogP) is 3.28. The molecule has 3 fully saturated rings. The molecule has 4 aliphatic rings. The van der Waals surface area contributed by atoms with Gasteiger partial charge in [-0.05, 0) is 44.3 Å². The van der Waals surface area contributed by atoms with Crippen LogP contribution >= 0.6 is 0 Å². The highest BCUT2D eigenvalue weighted by Crippen LogP contribution is 2.67. The standard InChI is InChI=1S/C29H38O9/c1-10-13(2)26(34)37-23-20-19(27(20,8)9)22(36-18(7)31)16(5)25(33)29-12-15(4)24(32)28(29,38-29)11-14(3)21(23)35-17(6)30/h10-11,15-16,19-23H,12H2,1-9H3/b13-10-,14-11+/t15-,16+,19+,20-,21-,22+,23+,28+,29+/m1/s1. The summed E-state index contributed by atoms with van der Waals surface area (Å²) < 4.78 is 23.6. The van der Waals surface area contributed by atoms with E-state index in [0.29, 0.717) is 11.1 Å². The minimum absolute atomic E-state index is 0.209. The van der Waals surface area contributed by atoms with Gasteiger partial charge >= 0.3 is 17.9 Å². The maximum Gasteiger partial charge on any atom is 0.333 e. The highest BCUT2D eigenvalue weighted by atomic mass is 16.6. The van der Waals surface area contributed by atoms with Crippen LogP contribution in [0.15, 0.2) is 23.3 Å². The van der Waals surface area contributed by atoms with Crippen LogP contribution in [0.5, 0.6) is 0 Å². The van der Waals surface area contributed by atoms with Crippen LogP contribution in [0.4, 0.5) is 0 Å². The van der Waals surface area contributed by atoms with Gasteiger partial charge in [0.25, 0.3) is 0 Å². The number of hydrogen-bond donors (Lipinski definition) is 0. The molecule has 0 spiro atoms. The van der Waals surface area contributed by atoms with Crippen molar-refractivity contribution < 1.29 is 42.9 Å². The summed E-state index contributed by atoms with van der Waals surface area (Å²) in [6.45, 7) is 14.9. The average Bonchev–Trinajstić information content (AvgIpc) is 3.62. The SMILES string of the molecule is C/C=C(/C)C(=O)O[C@H]1[C@H]2[C@@H]([C@@H](OC(C)=O)[C@H](C)C(=O)[C@@]34C[C@@H](C)C(=O)[C@]3(/C=C(\C)[C@H]1OC(C)=O)O4)C2(C)C. The quantitative estimate of drug-likeness (QED) is 0.177. The number of allylic oxidation sites excluding steroid dienone is 1. The lowest BCUT2D eigenvalue weighted by Gasteiger charge is -2.30. The van der Waals surface area contributed by atoms with Crippen molar-refractivity contribution in [3.8, 4) is 0 Å². The van der Waals surface area contributed by atoms with Crippen LogP contribution in [0.1, 0.15) is 68.7 Å². The van der Waals surface area contributed by atoms with Crippen molar-refractivity contribution in [2.75, 3.05) is 0 Å². The van der Waals surface area contributed by atoms with Crippen molar-refractivity contribution in [2.24, 2.45) is 29.1 Å². The van der Waals surface area contributed by atoms with E-state index in [-0.39, 0.29) is 18.0 Å². The van der Waals surface area contributed by atoms with E-state index in [1.165, 1.54) is 13.8 Å². The molecule has 0 amide bonds. The van der Waals surface area contributed by atoms with Gasteiger partial charge in [-0.25, -0.2) is 4.79 Å². The molecule has 0 radical (unpaired) electrons. The number of carbonyl (C=O) groups excluding carboxylic acids is 5. The van der Waals surface area contributed by atoms with Gasteiger partial charge in [-0.2, -0.15) is 0 Å². The zero-order valence-electron chi connectivity index (χ0n) is 23.6. The van der Waals surface area contributed by atoms with E-state index in [1.54, 1.807) is 46.8 Å². The van der Waals surface area contributed by atoms with E-state index in [4.69, 9.17) is 18.9 Å². The Morgan fingerprint density at radius 3 is 2.08 bits per heavy atom. The van der Waals surface area contributed by atoms with Gasteiger partial charge < -0.3 is 18.9 Å². The molecule has 9 heteroatoms. The van der Waals surface area contributed by atoms with Gasteiger partial charge in [-0.15, -0.1) is 0 Å². The Balaban J connectivity index is 1.93. The third-order valence-electron chi connectivity index (χ3n) is 9.08. The fraction of sp³-hybridized carbons (Fsp3) is 0.690. The fourth-order valence-corrected chi connectivity index (χ4v) is 6.96. The van der Waals surface area contributed by atoms with Crippen molar-refractivity contribution >= 4 is 29.5 Å². The molecule has 0 aromatic rings. The zero-order chi connectivity index (χ0) is 28.5. The number of ether oxygens (including phenoxy) is 4. The number of fused-ring (bicyclic) bond motifs is 1. The van der Waals surface area contributed by atoms with Crippen LogP contribution in [-0.2, 0) is 42.9 Å². The van der Waals surface area contributed by atoms with E-state index in [0.717, 1.165) is 0 Å². The Labute approximate surface area is 223 Å². The van der Waals surface area contributed by atoms with Crippen molar-refractivity contribution in [3.63, 3.8) is 0 Å². The second kappa shape index (κ2) is 9.14. The van der Waals surface area contributed by atoms with Gasteiger partial charge in [0.05, 0.1) is 5.92 Å². The Morgan fingerprint density at radius 2 is 1.53 bits per heavy atom. The number of ketones is 2. The van der Waals surface area contributed by atoms with E-state index >= 15 is 0 Å². The van der Waals surface area contributed by atoms with Crippen molar-refractivity contribution in [2.45, 2.75) is 98.2 Å². The largest absolute Gasteiger partial charge is 0.461 e. The minimum Gasteiger partial charge on any atom is -0.461 e. The smallest absolute Gasteiger partial charge is 0.333 e. The number of epoxide rings is 1. The molecular formula is C29H38O9. The van der Waals surface area contributed by atoms with E-state index < -0.39 is 76.5 Å². The van der Waals surface area contributed by atoms with Crippen LogP contribution in [-0.4, -0.2) is 59.0 Å². The first-order valence-corrected chi connectivity index (χ1v) is 13.2. The summed E-state index contributed by atoms with van der Waals surface area (Å²) in [4.78, 5) is 65.0. The minimum atomic E-state index is -1.50. The molecule has 0 aromatic carbocycles. The number of esters is 3. The molecule has 0 bridgehead atoms. The van der Waals surface area contributed by atoms with Crippen molar-refractivity contribution in [1.82, 2.24) is 0 Å². The Bertz CT molecular complexity index is 1160. The second-order valence-electron chi connectivity index (χ2n) is 12.0. The maximum absolute atomic E-state index is 14.1. The van der Waals surface area contributed by atoms with Crippen molar-refractivity contribution in [3.05, 3.63) is 23.3 Å². The highest BCUT2D eigenvalue weighted by molar-refractivity contribution is 6.11. The van der Waals surface area contributed by atoms with Crippen LogP contribution in [0.3, 0.4) is 0 Å². The number of rotatable bonds is 4. The maximum atomic E-state index is 14.1. The topological polar surface area (TPSA) is 126 Å². The normalized spacial score (nSPS) is 42.8. The Kier molecular flexibility index (Phi) is 6.78. The summed E-state index contributed by atoms with van der Waals surface area (Å²) >= 11 is 0. The summed E-state index contributed by atoms with van der Waals surface area (Å²) in [5.74, 6) is -4.27. The molecule has 208 valence electrons. The van der Waals surface area contributed by atoms with Gasteiger partial charge in [0.2, 0.25) is 0 Å². The molecule has 4 rings (SSSR count). The average molecular weight is 531 g/mol. The molecule has 1 heterocycles. The summed E-state index contributed by atoms with van der Waals surface area (Å²) in [6.07, 6.45) is 0.546. The van der Waals surface area contributed by atoms with E-state index in [9.17, 15) is 24.0 Å². The monoisotopic (exact) mass is 530 g/mol. The lowest BCUT2D eigenvalue weighted by molar-refractivity contribution is -0.164. The molecule has 0 N–H and O–H groups in total. The summed E-state index contributed by atoms with van der Waals surface area (Å²) in [5, 5.41) is 0. The second-order valence-corrected chi connectivity index (χ2v) is 12.0. The van der Waals surface area contributed by atoms with Crippen LogP contribution in [0.2, 0.25) is 0 Å². The molecule has 1 aliphatic heterocycles. The van der Waals surface area contributed by atoms with Gasteiger partial charge in [-0.1, -0.05) is 33.8 Å². The van der Waals surface area contributed by atoms with Crippen LogP contribution in [0.25, 0.3) is 0 Å². The molecule has 0 unspecified atom stereocenters. The molecule has 0 aromatic heterocycles. The highest BCUT2D eigenvalue weighted by Gasteiger charge is 2.83. The van der Waals surface area contributed by atoms with E-state index in [1.807, 2.05) is 13.8 Å². The summed E-state index contributed by atoms with van der Waals surface area (Å²) in [6, 6.07) is 0. The van der Waals surface area contributed by atoms with Gasteiger partial charge in [-0.3, -0.25) is 19.2 Å². The Hall–Kier alpha value is -2.81. The summed E-state index contributed by atoms with van der Waals surface area (Å²) in [7, 11) is 0. The van der Waals surface area contributed by atoms with Crippen LogP contribution < -0.4 is 0 Å². The van der Waals surface area contributed by atoms with Crippen molar-refractivity contribution in [1.29, 1.82) is 0 Å². The number of hydrogen-bond acceptors (Lipinski definition) is 9. The molecule has 38 heavy (non-hydrogen) atoms. The number of Topliss-reactive ketones (excluding diaryl/α,β-unsaturated/α-hetero) is 2. The molecular weight excluding hydrogens is 492 g/mol. The fourth-order valence-electron chi connectivity index (χ4n) is 6.96. The molecule has 9 atom stereocenters. The zero-order valence-corrected chi connectivity index (χ0v) is 23.6. The molecule has 2 saturated carbocycles. The first-order chi connectivity index (χ1) is 17.6. The summed E-state index contributed by atoms with van der Waals surface area (Å²) in [5.41, 5.74) is -2.59. The first kappa shape index (κ1) is 28.2. The van der Waals surface area contributed by atoms with Gasteiger partial charge in [0.15, 0.2) is 28.9 Å². The van der Waals surface area contributed by atoms with Gasteiger partial charge in [0, 0.05) is 37.2 Å². The van der Waals surface area contributed by atoms with Gasteiger partial charge in [0.1, 0.15) is 12.2 Å². The lowest BCUT2D eigenvalue weighted by Crippen LogP contribution is -2.42. The molecule has 3 aliphatic carbocycles. The van der Waals surface area contributed by atoms with E-state index in [2.05, 4.69) is 0 Å². The predicted molar refractivity (Wildman–Crippen MR) is 134 cm³/mol. The third kappa shape index (κ3) is 4.05. The van der Waals surface area contributed by atoms with Crippen LogP contribution in [0, 0.1) is 29.1 Å². The Morgan fingerprint density at radius 1 is 0.947 bits per heavy atom. The molecule has 9 nitrogen and oxygen atoms in total. The lowest BCUT2D eigenvalue weighted by atomic mass is 9.81. The third-order valence-corrected chi connectivity index (χ3v) is 9.08. The number of carbonyl (C=O) groups is 5.